The second-order valence-electron chi connectivity index (χ2n) is 7.25. The van der Waals surface area contributed by atoms with Crippen LogP contribution >= 0.6 is 11.3 Å². The summed E-state index contributed by atoms with van der Waals surface area (Å²) in [4.78, 5) is 14.5. The molecular formula is C28H24O4S. The predicted octanol–water partition coefficient (Wildman–Crippen LogP) is 6.96. The van der Waals surface area contributed by atoms with E-state index >= 15 is 0 Å². The number of methoxy groups -OCH3 is 2. The van der Waals surface area contributed by atoms with Crippen molar-refractivity contribution in [1.29, 1.82) is 0 Å². The third kappa shape index (κ3) is 5.51. The first-order valence-corrected chi connectivity index (χ1v) is 11.3. The van der Waals surface area contributed by atoms with Gasteiger partial charge in [0.2, 0.25) is 0 Å². The summed E-state index contributed by atoms with van der Waals surface area (Å²) in [6.07, 6.45) is 3.90. The molecule has 0 amide bonds. The fourth-order valence-corrected chi connectivity index (χ4v) is 4.32. The molecule has 0 N–H and O–H groups in total. The average Bonchev–Trinajstić information content (AvgIpc) is 3.35. The fraction of sp³-hybridized carbons (Fsp3) is 0.107. The molecule has 0 fully saturated rings. The molecule has 0 unspecified atom stereocenters. The molecule has 4 nitrogen and oxygen atoms in total. The van der Waals surface area contributed by atoms with E-state index in [4.69, 9.17) is 14.2 Å². The first-order chi connectivity index (χ1) is 16.2. The van der Waals surface area contributed by atoms with Gasteiger partial charge in [0, 0.05) is 9.75 Å². The van der Waals surface area contributed by atoms with Crippen molar-refractivity contribution in [2.45, 2.75) is 6.61 Å². The number of ether oxygens (including phenoxy) is 3. The minimum Gasteiger partial charge on any atom is -0.496 e. The standard InChI is InChI=1S/C28H24O4S/c1-30-25-10-6-9-22(27(25)28(29)31-2)13-16-24-17-18-26(33-24)21-11-14-23(15-12-21)32-19-20-7-4-3-5-8-20/h3-18H,19H2,1-2H3/b16-13+. The van der Waals surface area contributed by atoms with Crippen LogP contribution in [0, 0.1) is 0 Å². The van der Waals surface area contributed by atoms with Crippen LogP contribution in [-0.4, -0.2) is 20.2 Å². The van der Waals surface area contributed by atoms with Gasteiger partial charge in [0.1, 0.15) is 23.7 Å². The number of thiophene rings is 1. The zero-order valence-electron chi connectivity index (χ0n) is 18.5. The summed E-state index contributed by atoms with van der Waals surface area (Å²) in [5, 5.41) is 0. The molecule has 0 saturated carbocycles. The van der Waals surface area contributed by atoms with E-state index in [9.17, 15) is 4.79 Å². The number of esters is 1. The van der Waals surface area contributed by atoms with Gasteiger partial charge in [0.05, 0.1) is 14.2 Å². The largest absolute Gasteiger partial charge is 0.496 e. The van der Waals surface area contributed by atoms with Crippen molar-refractivity contribution in [3.8, 4) is 21.9 Å². The lowest BCUT2D eigenvalue weighted by Crippen LogP contribution is -2.06. The molecule has 1 aromatic heterocycles. The number of carbonyl (C=O) groups is 1. The first kappa shape index (κ1) is 22.4. The molecule has 0 aliphatic carbocycles. The van der Waals surface area contributed by atoms with Crippen LogP contribution < -0.4 is 9.47 Å². The molecule has 0 bridgehead atoms. The Morgan fingerprint density at radius 2 is 1.64 bits per heavy atom. The Morgan fingerprint density at radius 3 is 2.36 bits per heavy atom. The van der Waals surface area contributed by atoms with Gasteiger partial charge in [-0.1, -0.05) is 48.5 Å². The number of rotatable bonds is 8. The van der Waals surface area contributed by atoms with Crippen molar-refractivity contribution < 1.29 is 19.0 Å². The lowest BCUT2D eigenvalue weighted by Gasteiger charge is -2.09. The molecular weight excluding hydrogens is 432 g/mol. The fourth-order valence-electron chi connectivity index (χ4n) is 3.40. The maximum Gasteiger partial charge on any atom is 0.342 e. The Kier molecular flexibility index (Phi) is 7.22. The first-order valence-electron chi connectivity index (χ1n) is 10.5. The van der Waals surface area contributed by atoms with Crippen molar-refractivity contribution >= 4 is 29.5 Å². The second-order valence-corrected chi connectivity index (χ2v) is 8.37. The summed E-state index contributed by atoms with van der Waals surface area (Å²) in [7, 11) is 2.91. The normalized spacial score (nSPS) is 10.8. The number of hydrogen-bond donors (Lipinski definition) is 0. The molecule has 166 valence electrons. The highest BCUT2D eigenvalue weighted by molar-refractivity contribution is 7.16. The van der Waals surface area contributed by atoms with E-state index < -0.39 is 5.97 Å². The lowest BCUT2D eigenvalue weighted by molar-refractivity contribution is 0.0597. The highest BCUT2D eigenvalue weighted by atomic mass is 32.1. The number of carbonyl (C=O) groups excluding carboxylic acids is 1. The van der Waals surface area contributed by atoms with Crippen LogP contribution in [0.1, 0.15) is 26.4 Å². The summed E-state index contributed by atoms with van der Waals surface area (Å²) in [5.41, 5.74) is 3.43. The number of hydrogen-bond acceptors (Lipinski definition) is 5. The van der Waals surface area contributed by atoms with Crippen LogP contribution in [0.15, 0.2) is 84.9 Å². The lowest BCUT2D eigenvalue weighted by atomic mass is 10.1. The Balaban J connectivity index is 1.46. The van der Waals surface area contributed by atoms with Gasteiger partial charge in [-0.05, 0) is 65.2 Å². The van der Waals surface area contributed by atoms with Crippen LogP contribution in [0.25, 0.3) is 22.6 Å². The molecule has 33 heavy (non-hydrogen) atoms. The second kappa shape index (κ2) is 10.7. The molecule has 4 aromatic rings. The average molecular weight is 457 g/mol. The minimum absolute atomic E-state index is 0.418. The summed E-state index contributed by atoms with van der Waals surface area (Å²) < 4.78 is 16.1. The van der Waals surface area contributed by atoms with Crippen molar-refractivity contribution in [1.82, 2.24) is 0 Å². The summed E-state index contributed by atoms with van der Waals surface area (Å²) in [6.45, 7) is 0.548. The Labute approximate surface area is 197 Å². The van der Waals surface area contributed by atoms with Gasteiger partial charge >= 0.3 is 5.97 Å². The molecule has 0 saturated heterocycles. The number of benzene rings is 3. The zero-order chi connectivity index (χ0) is 23.0. The van der Waals surface area contributed by atoms with Crippen molar-refractivity contribution in [3.05, 3.63) is 106 Å². The summed E-state index contributed by atoms with van der Waals surface area (Å²) >= 11 is 1.68. The minimum atomic E-state index is -0.423. The molecule has 0 atom stereocenters. The van der Waals surface area contributed by atoms with E-state index in [1.165, 1.54) is 7.11 Å². The van der Waals surface area contributed by atoms with Crippen LogP contribution in [0.5, 0.6) is 11.5 Å². The Bertz CT molecular complexity index is 1240. The van der Waals surface area contributed by atoms with Crippen LogP contribution in [0.4, 0.5) is 0 Å². The molecule has 3 aromatic carbocycles. The summed E-state index contributed by atoms with van der Waals surface area (Å²) in [5.74, 6) is 0.909. The van der Waals surface area contributed by atoms with Crippen LogP contribution in [0.3, 0.4) is 0 Å². The highest BCUT2D eigenvalue weighted by Gasteiger charge is 2.16. The van der Waals surface area contributed by atoms with Gasteiger partial charge < -0.3 is 14.2 Å². The van der Waals surface area contributed by atoms with Gasteiger partial charge in [-0.2, -0.15) is 0 Å². The predicted molar refractivity (Wildman–Crippen MR) is 134 cm³/mol. The SMILES string of the molecule is COC(=O)c1c(/C=C/c2ccc(-c3ccc(OCc4ccccc4)cc3)s2)cccc1OC. The van der Waals surface area contributed by atoms with Crippen LogP contribution in [0.2, 0.25) is 0 Å². The van der Waals surface area contributed by atoms with Crippen molar-refractivity contribution in [3.63, 3.8) is 0 Å². The van der Waals surface area contributed by atoms with E-state index in [-0.39, 0.29) is 0 Å². The summed E-state index contributed by atoms with van der Waals surface area (Å²) in [6, 6.07) is 27.9. The molecule has 5 heteroatoms. The maximum atomic E-state index is 12.2. The van der Waals surface area contributed by atoms with Crippen LogP contribution in [-0.2, 0) is 11.3 Å². The van der Waals surface area contributed by atoms with Gasteiger partial charge in [-0.15, -0.1) is 11.3 Å². The third-order valence-electron chi connectivity index (χ3n) is 5.11. The van der Waals surface area contributed by atoms with E-state index in [2.05, 4.69) is 36.4 Å². The molecule has 0 aliphatic heterocycles. The molecule has 0 aliphatic rings. The van der Waals surface area contributed by atoms with Crippen molar-refractivity contribution in [2.75, 3.05) is 14.2 Å². The van der Waals surface area contributed by atoms with Gasteiger partial charge in [0.25, 0.3) is 0 Å². The van der Waals surface area contributed by atoms with Gasteiger partial charge in [-0.25, -0.2) is 4.79 Å². The molecule has 0 radical (unpaired) electrons. The zero-order valence-corrected chi connectivity index (χ0v) is 19.3. The highest BCUT2D eigenvalue weighted by Crippen LogP contribution is 2.31. The third-order valence-corrected chi connectivity index (χ3v) is 6.21. The molecule has 0 spiro atoms. The Hall–Kier alpha value is -3.83. The van der Waals surface area contributed by atoms with Gasteiger partial charge in [0.15, 0.2) is 0 Å². The molecule has 1 heterocycles. The maximum absolute atomic E-state index is 12.2. The topological polar surface area (TPSA) is 44.8 Å². The quantitative estimate of drug-likeness (QED) is 0.269. The van der Waals surface area contributed by atoms with E-state index in [1.54, 1.807) is 24.5 Å². The smallest absolute Gasteiger partial charge is 0.342 e. The van der Waals surface area contributed by atoms with E-state index in [0.29, 0.717) is 17.9 Å². The Morgan fingerprint density at radius 1 is 0.848 bits per heavy atom. The van der Waals surface area contributed by atoms with Crippen molar-refractivity contribution in [2.24, 2.45) is 0 Å². The molecule has 4 rings (SSSR count). The monoisotopic (exact) mass is 456 g/mol. The van der Waals surface area contributed by atoms with Gasteiger partial charge in [-0.3, -0.25) is 0 Å². The van der Waals surface area contributed by atoms with E-state index in [1.807, 2.05) is 54.6 Å². The van der Waals surface area contributed by atoms with E-state index in [0.717, 1.165) is 32.2 Å².